The van der Waals surface area contributed by atoms with E-state index in [1.807, 2.05) is 0 Å². The molecular formula is C16H26N4O4. The summed E-state index contributed by atoms with van der Waals surface area (Å²) in [6.45, 7) is 1.20. The standard InChI is InChI=1S/C16H26N4O4/c21-11-13-10-20(19-18-13)7-5-3-1-2-4-6-15(22)17-9-12-8-14(12)16(23)24/h10,12,14,21H,1-9,11H2,(H,17,22)(H,23,24)/t12-,14-/m0/s1. The van der Waals surface area contributed by atoms with Crippen LogP contribution < -0.4 is 5.32 Å². The second-order valence-corrected chi connectivity index (χ2v) is 6.39. The Kier molecular flexibility index (Phi) is 7.17. The summed E-state index contributed by atoms with van der Waals surface area (Å²) in [5.41, 5.74) is 0.585. The SMILES string of the molecule is O=C(CCCCCCCn1cc(CO)nn1)NC[C@@H]1C[C@@H]1C(=O)O. The van der Waals surface area contributed by atoms with Crippen molar-refractivity contribution in [3.8, 4) is 0 Å². The first-order valence-corrected chi connectivity index (χ1v) is 8.59. The number of nitrogens with zero attached hydrogens (tertiary/aromatic N) is 3. The van der Waals surface area contributed by atoms with Gasteiger partial charge in [0.1, 0.15) is 5.69 Å². The van der Waals surface area contributed by atoms with E-state index < -0.39 is 5.97 Å². The first-order chi connectivity index (χ1) is 11.6. The molecule has 0 unspecified atom stereocenters. The van der Waals surface area contributed by atoms with Gasteiger partial charge in [0.25, 0.3) is 0 Å². The number of aryl methyl sites for hydroxylation is 1. The molecule has 134 valence electrons. The number of nitrogens with one attached hydrogen (secondary N) is 1. The highest BCUT2D eigenvalue weighted by Crippen LogP contribution is 2.37. The molecule has 0 radical (unpaired) electrons. The maximum Gasteiger partial charge on any atom is 0.306 e. The molecule has 1 aromatic heterocycles. The van der Waals surface area contributed by atoms with Crippen LogP contribution in [0.25, 0.3) is 0 Å². The Morgan fingerprint density at radius 3 is 2.67 bits per heavy atom. The number of hydrogen-bond donors (Lipinski definition) is 3. The van der Waals surface area contributed by atoms with Crippen molar-refractivity contribution in [1.82, 2.24) is 20.3 Å². The Bertz CT molecular complexity index is 546. The maximum atomic E-state index is 11.7. The third-order valence-corrected chi connectivity index (χ3v) is 4.34. The van der Waals surface area contributed by atoms with Crippen molar-refractivity contribution in [1.29, 1.82) is 0 Å². The molecule has 1 saturated carbocycles. The van der Waals surface area contributed by atoms with E-state index in [2.05, 4.69) is 15.6 Å². The summed E-state index contributed by atoms with van der Waals surface area (Å²) in [7, 11) is 0. The first kappa shape index (κ1) is 18.4. The lowest BCUT2D eigenvalue weighted by Gasteiger charge is -2.04. The fourth-order valence-electron chi connectivity index (χ4n) is 2.72. The molecule has 1 heterocycles. The molecule has 1 amide bonds. The van der Waals surface area contributed by atoms with Gasteiger partial charge in [0, 0.05) is 19.5 Å². The number of carbonyl (C=O) groups is 2. The molecule has 0 bridgehead atoms. The molecule has 0 spiro atoms. The summed E-state index contributed by atoms with van der Waals surface area (Å²) in [6.07, 6.45) is 7.94. The van der Waals surface area contributed by atoms with Crippen LogP contribution in [0.2, 0.25) is 0 Å². The van der Waals surface area contributed by atoms with Crippen LogP contribution in [0.1, 0.15) is 50.6 Å². The highest BCUT2D eigenvalue weighted by atomic mass is 16.4. The van der Waals surface area contributed by atoms with E-state index in [0.29, 0.717) is 25.1 Å². The topological polar surface area (TPSA) is 117 Å². The van der Waals surface area contributed by atoms with Crippen LogP contribution >= 0.6 is 0 Å². The van der Waals surface area contributed by atoms with Gasteiger partial charge in [-0.1, -0.05) is 24.5 Å². The Balaban J connectivity index is 1.41. The van der Waals surface area contributed by atoms with E-state index >= 15 is 0 Å². The Morgan fingerprint density at radius 1 is 1.25 bits per heavy atom. The summed E-state index contributed by atoms with van der Waals surface area (Å²) in [4.78, 5) is 22.3. The lowest BCUT2D eigenvalue weighted by atomic mass is 10.1. The van der Waals surface area contributed by atoms with Gasteiger partial charge in [0.15, 0.2) is 0 Å². The maximum absolute atomic E-state index is 11.7. The minimum Gasteiger partial charge on any atom is -0.481 e. The summed E-state index contributed by atoms with van der Waals surface area (Å²) < 4.78 is 1.74. The third-order valence-electron chi connectivity index (χ3n) is 4.34. The molecule has 1 aliphatic rings. The van der Waals surface area contributed by atoms with Gasteiger partial charge < -0.3 is 15.5 Å². The number of aliphatic hydroxyl groups is 1. The Hall–Kier alpha value is -1.96. The minimum atomic E-state index is -0.757. The normalized spacial score (nSPS) is 19.2. The van der Waals surface area contributed by atoms with Gasteiger partial charge in [-0.3, -0.25) is 14.3 Å². The number of carboxylic acid groups (broad SMARTS) is 1. The van der Waals surface area contributed by atoms with Crippen LogP contribution in [0.15, 0.2) is 6.20 Å². The van der Waals surface area contributed by atoms with Crippen LogP contribution in [-0.4, -0.2) is 43.6 Å². The van der Waals surface area contributed by atoms with E-state index in [-0.39, 0.29) is 24.3 Å². The minimum absolute atomic E-state index is 0.0187. The molecule has 0 saturated heterocycles. The molecule has 2 rings (SSSR count). The van der Waals surface area contributed by atoms with Crippen molar-refractivity contribution in [3.63, 3.8) is 0 Å². The first-order valence-electron chi connectivity index (χ1n) is 8.59. The molecule has 1 aromatic rings. The summed E-state index contributed by atoms with van der Waals surface area (Å²) in [6, 6.07) is 0. The number of carbonyl (C=O) groups excluding carboxylic acids is 1. The summed E-state index contributed by atoms with van der Waals surface area (Å²) in [5, 5.41) is 28.2. The average molecular weight is 338 g/mol. The Labute approximate surface area is 141 Å². The van der Waals surface area contributed by atoms with Crippen LogP contribution in [0.5, 0.6) is 0 Å². The van der Waals surface area contributed by atoms with Crippen molar-refractivity contribution >= 4 is 11.9 Å². The zero-order valence-electron chi connectivity index (χ0n) is 13.9. The van der Waals surface area contributed by atoms with Crippen molar-refractivity contribution in [2.75, 3.05) is 6.54 Å². The quantitative estimate of drug-likeness (QED) is 0.488. The molecule has 3 N–H and O–H groups in total. The van der Waals surface area contributed by atoms with Crippen molar-refractivity contribution in [2.45, 2.75) is 58.1 Å². The number of aromatic nitrogens is 3. The number of unbranched alkanes of at least 4 members (excludes halogenated alkanes) is 4. The van der Waals surface area contributed by atoms with Gasteiger partial charge in [-0.05, 0) is 25.2 Å². The van der Waals surface area contributed by atoms with E-state index in [1.54, 1.807) is 10.9 Å². The highest BCUT2D eigenvalue weighted by Gasteiger charge is 2.42. The molecule has 0 aromatic carbocycles. The zero-order valence-corrected chi connectivity index (χ0v) is 13.9. The third kappa shape index (κ3) is 6.27. The number of aliphatic hydroxyl groups excluding tert-OH is 1. The van der Waals surface area contributed by atoms with E-state index in [9.17, 15) is 9.59 Å². The fraction of sp³-hybridized carbons (Fsp3) is 0.750. The van der Waals surface area contributed by atoms with Gasteiger partial charge in [-0.2, -0.15) is 0 Å². The molecule has 0 aliphatic heterocycles. The lowest BCUT2D eigenvalue weighted by Crippen LogP contribution is -2.26. The number of aliphatic carboxylic acids is 1. The van der Waals surface area contributed by atoms with Gasteiger partial charge >= 0.3 is 5.97 Å². The summed E-state index contributed by atoms with van der Waals surface area (Å²) in [5.74, 6) is -0.878. The van der Waals surface area contributed by atoms with Gasteiger partial charge in [-0.25, -0.2) is 0 Å². The van der Waals surface area contributed by atoms with Crippen LogP contribution in [0, 0.1) is 11.8 Å². The lowest BCUT2D eigenvalue weighted by molar-refractivity contribution is -0.139. The molecule has 8 nitrogen and oxygen atoms in total. The molecule has 1 aliphatic carbocycles. The predicted octanol–water partition coefficient (Wildman–Crippen LogP) is 0.948. The van der Waals surface area contributed by atoms with E-state index in [4.69, 9.17) is 10.2 Å². The number of carboxylic acids is 1. The van der Waals surface area contributed by atoms with Gasteiger partial charge in [-0.15, -0.1) is 5.10 Å². The highest BCUT2D eigenvalue weighted by molar-refractivity contribution is 5.76. The second-order valence-electron chi connectivity index (χ2n) is 6.39. The second kappa shape index (κ2) is 9.36. The monoisotopic (exact) mass is 338 g/mol. The molecule has 2 atom stereocenters. The zero-order chi connectivity index (χ0) is 17.4. The fourth-order valence-corrected chi connectivity index (χ4v) is 2.72. The number of amides is 1. The van der Waals surface area contributed by atoms with Gasteiger partial charge in [0.2, 0.25) is 5.91 Å². The number of hydrogen-bond acceptors (Lipinski definition) is 5. The molecule has 1 fully saturated rings. The molecule has 8 heteroatoms. The van der Waals surface area contributed by atoms with Crippen LogP contribution in [-0.2, 0) is 22.7 Å². The van der Waals surface area contributed by atoms with E-state index in [1.165, 1.54) is 0 Å². The Morgan fingerprint density at radius 2 is 2.00 bits per heavy atom. The van der Waals surface area contributed by atoms with Crippen molar-refractivity contribution < 1.29 is 19.8 Å². The van der Waals surface area contributed by atoms with E-state index in [0.717, 1.165) is 38.6 Å². The average Bonchev–Trinajstić information content (AvgIpc) is 3.21. The van der Waals surface area contributed by atoms with Crippen molar-refractivity contribution in [2.24, 2.45) is 11.8 Å². The van der Waals surface area contributed by atoms with Crippen molar-refractivity contribution in [3.05, 3.63) is 11.9 Å². The molecule has 24 heavy (non-hydrogen) atoms. The smallest absolute Gasteiger partial charge is 0.306 e. The summed E-state index contributed by atoms with van der Waals surface area (Å²) >= 11 is 0. The van der Waals surface area contributed by atoms with Crippen LogP contribution in [0.4, 0.5) is 0 Å². The molecular weight excluding hydrogens is 312 g/mol. The largest absolute Gasteiger partial charge is 0.481 e. The predicted molar refractivity (Wildman–Crippen MR) is 85.9 cm³/mol. The number of rotatable bonds is 12. The van der Waals surface area contributed by atoms with Crippen LogP contribution in [0.3, 0.4) is 0 Å². The van der Waals surface area contributed by atoms with Gasteiger partial charge in [0.05, 0.1) is 18.7 Å².